The molecule has 0 spiro atoms. The van der Waals surface area contributed by atoms with Gasteiger partial charge in [0.15, 0.2) is 0 Å². The van der Waals surface area contributed by atoms with Crippen molar-refractivity contribution in [2.75, 3.05) is 5.73 Å². The van der Waals surface area contributed by atoms with E-state index in [4.69, 9.17) is 5.73 Å². The molecule has 3 nitrogen and oxygen atoms in total. The number of nitrogens with one attached hydrogen (secondary N) is 1. The van der Waals surface area contributed by atoms with Gasteiger partial charge in [-0.05, 0) is 43.2 Å². The molecular weight excluding hydrogens is 262 g/mol. The molecule has 20 heavy (non-hydrogen) atoms. The maximum atomic E-state index is 13.3. The third-order valence-corrected chi connectivity index (χ3v) is 4.02. The van der Waals surface area contributed by atoms with Gasteiger partial charge in [0.25, 0.3) is 5.91 Å². The summed E-state index contributed by atoms with van der Waals surface area (Å²) in [5.41, 5.74) is 4.91. The molecule has 0 aromatic heterocycles. The summed E-state index contributed by atoms with van der Waals surface area (Å²) in [6.45, 7) is 4.41. The fourth-order valence-corrected chi connectivity index (χ4v) is 2.53. The van der Waals surface area contributed by atoms with Gasteiger partial charge < -0.3 is 11.1 Å². The van der Waals surface area contributed by atoms with E-state index in [9.17, 15) is 13.6 Å². The fraction of sp³-hybridized carbons (Fsp3) is 0.533. The first-order chi connectivity index (χ1) is 9.28. The first-order valence-corrected chi connectivity index (χ1v) is 6.84. The summed E-state index contributed by atoms with van der Waals surface area (Å²) in [7, 11) is 0. The molecule has 1 aliphatic rings. The van der Waals surface area contributed by atoms with Crippen LogP contribution in [0.5, 0.6) is 0 Å². The summed E-state index contributed by atoms with van der Waals surface area (Å²) in [6, 6.07) is 2.01. The number of rotatable bonds is 2. The Labute approximate surface area is 117 Å². The molecule has 1 aliphatic carbocycles. The van der Waals surface area contributed by atoms with E-state index in [-0.39, 0.29) is 11.6 Å². The van der Waals surface area contributed by atoms with Crippen molar-refractivity contribution in [1.29, 1.82) is 0 Å². The second-order valence-corrected chi connectivity index (χ2v) is 6.27. The zero-order valence-corrected chi connectivity index (χ0v) is 11.8. The van der Waals surface area contributed by atoms with Gasteiger partial charge in [-0.1, -0.05) is 13.8 Å². The molecule has 1 amide bonds. The molecule has 0 bridgehead atoms. The number of amides is 1. The van der Waals surface area contributed by atoms with Gasteiger partial charge in [-0.3, -0.25) is 4.79 Å². The zero-order valence-electron chi connectivity index (χ0n) is 11.8. The molecule has 110 valence electrons. The van der Waals surface area contributed by atoms with Crippen molar-refractivity contribution in [2.24, 2.45) is 5.41 Å². The van der Waals surface area contributed by atoms with Crippen molar-refractivity contribution < 1.29 is 13.6 Å². The van der Waals surface area contributed by atoms with Crippen LogP contribution in [0.4, 0.5) is 14.5 Å². The smallest absolute Gasteiger partial charge is 0.251 e. The SMILES string of the molecule is CC1(C)CCC(NC(=O)c2cc(F)c(N)c(F)c2)CC1. The Hall–Kier alpha value is -1.65. The highest BCUT2D eigenvalue weighted by Crippen LogP contribution is 2.35. The second kappa shape index (κ2) is 5.38. The largest absolute Gasteiger partial charge is 0.394 e. The highest BCUT2D eigenvalue weighted by atomic mass is 19.1. The van der Waals surface area contributed by atoms with Gasteiger partial charge in [-0.25, -0.2) is 8.78 Å². The fourth-order valence-electron chi connectivity index (χ4n) is 2.53. The molecule has 0 atom stereocenters. The Morgan fingerprint density at radius 1 is 1.25 bits per heavy atom. The van der Waals surface area contributed by atoms with Gasteiger partial charge in [-0.15, -0.1) is 0 Å². The van der Waals surface area contributed by atoms with Gasteiger partial charge in [0.1, 0.15) is 17.3 Å². The summed E-state index contributed by atoms with van der Waals surface area (Å²) in [4.78, 5) is 12.0. The summed E-state index contributed by atoms with van der Waals surface area (Å²) in [5.74, 6) is -2.26. The lowest BCUT2D eigenvalue weighted by Gasteiger charge is -2.34. The molecule has 2 rings (SSSR count). The van der Waals surface area contributed by atoms with Crippen LogP contribution in [0.3, 0.4) is 0 Å². The molecule has 1 aromatic carbocycles. The third kappa shape index (κ3) is 3.26. The quantitative estimate of drug-likeness (QED) is 0.818. The number of carbonyl (C=O) groups excluding carboxylic acids is 1. The lowest BCUT2D eigenvalue weighted by Crippen LogP contribution is -2.39. The maximum Gasteiger partial charge on any atom is 0.251 e. The van der Waals surface area contributed by atoms with Crippen LogP contribution >= 0.6 is 0 Å². The Morgan fingerprint density at radius 2 is 1.75 bits per heavy atom. The number of hydrogen-bond acceptors (Lipinski definition) is 2. The molecule has 0 radical (unpaired) electrons. The van der Waals surface area contributed by atoms with Gasteiger partial charge in [0.05, 0.1) is 0 Å². The van der Waals surface area contributed by atoms with Crippen LogP contribution in [0.25, 0.3) is 0 Å². The Kier molecular flexibility index (Phi) is 3.97. The Balaban J connectivity index is 2.02. The topological polar surface area (TPSA) is 55.1 Å². The molecule has 0 aliphatic heterocycles. The predicted molar refractivity (Wildman–Crippen MR) is 74.3 cm³/mol. The monoisotopic (exact) mass is 282 g/mol. The van der Waals surface area contributed by atoms with Crippen LogP contribution in [-0.4, -0.2) is 11.9 Å². The summed E-state index contributed by atoms with van der Waals surface area (Å²) in [6.07, 6.45) is 3.84. The summed E-state index contributed by atoms with van der Waals surface area (Å²) >= 11 is 0. The van der Waals surface area contributed by atoms with E-state index in [1.165, 1.54) is 0 Å². The Bertz CT molecular complexity index is 496. The highest BCUT2D eigenvalue weighted by molar-refractivity contribution is 5.94. The molecule has 0 heterocycles. The van der Waals surface area contributed by atoms with Gasteiger partial charge in [0, 0.05) is 11.6 Å². The highest BCUT2D eigenvalue weighted by Gasteiger charge is 2.28. The zero-order chi connectivity index (χ0) is 14.9. The molecule has 0 unspecified atom stereocenters. The lowest BCUT2D eigenvalue weighted by molar-refractivity contribution is 0.0908. The van der Waals surface area contributed by atoms with E-state index in [0.717, 1.165) is 37.8 Å². The molecule has 1 saturated carbocycles. The van der Waals surface area contributed by atoms with E-state index in [2.05, 4.69) is 19.2 Å². The van der Waals surface area contributed by atoms with Crippen molar-refractivity contribution >= 4 is 11.6 Å². The second-order valence-electron chi connectivity index (χ2n) is 6.27. The number of carbonyl (C=O) groups is 1. The van der Waals surface area contributed by atoms with Crippen LogP contribution in [0, 0.1) is 17.0 Å². The van der Waals surface area contributed by atoms with Crippen molar-refractivity contribution in [3.05, 3.63) is 29.3 Å². The molecule has 1 aromatic rings. The van der Waals surface area contributed by atoms with E-state index in [1.807, 2.05) is 0 Å². The number of benzene rings is 1. The Morgan fingerprint density at radius 3 is 2.25 bits per heavy atom. The van der Waals surface area contributed by atoms with E-state index in [0.29, 0.717) is 5.41 Å². The van der Waals surface area contributed by atoms with E-state index in [1.54, 1.807) is 0 Å². The number of anilines is 1. The molecule has 5 heteroatoms. The minimum atomic E-state index is -0.903. The summed E-state index contributed by atoms with van der Waals surface area (Å²) in [5, 5.41) is 2.83. The van der Waals surface area contributed by atoms with Crippen LogP contribution in [0.1, 0.15) is 49.9 Å². The first-order valence-electron chi connectivity index (χ1n) is 6.84. The first kappa shape index (κ1) is 14.8. The van der Waals surface area contributed by atoms with Crippen molar-refractivity contribution in [3.8, 4) is 0 Å². The minimum absolute atomic E-state index is 0.0287. The van der Waals surface area contributed by atoms with Crippen molar-refractivity contribution in [1.82, 2.24) is 5.32 Å². The molecule has 1 fully saturated rings. The number of halogens is 2. The van der Waals surface area contributed by atoms with Crippen LogP contribution in [0.2, 0.25) is 0 Å². The average Bonchev–Trinajstić information content (AvgIpc) is 2.37. The summed E-state index contributed by atoms with van der Waals surface area (Å²) < 4.78 is 26.7. The lowest BCUT2D eigenvalue weighted by atomic mass is 9.75. The van der Waals surface area contributed by atoms with E-state index >= 15 is 0 Å². The molecular formula is C15H20F2N2O. The number of hydrogen-bond donors (Lipinski definition) is 2. The number of nitrogens with two attached hydrogens (primary N) is 1. The van der Waals surface area contributed by atoms with Crippen molar-refractivity contribution in [2.45, 2.75) is 45.6 Å². The van der Waals surface area contributed by atoms with Gasteiger partial charge in [0.2, 0.25) is 0 Å². The van der Waals surface area contributed by atoms with Crippen LogP contribution < -0.4 is 11.1 Å². The van der Waals surface area contributed by atoms with Gasteiger partial charge >= 0.3 is 0 Å². The maximum absolute atomic E-state index is 13.3. The van der Waals surface area contributed by atoms with Gasteiger partial charge in [-0.2, -0.15) is 0 Å². The third-order valence-electron chi connectivity index (χ3n) is 4.02. The minimum Gasteiger partial charge on any atom is -0.394 e. The average molecular weight is 282 g/mol. The van der Waals surface area contributed by atoms with E-state index < -0.39 is 23.2 Å². The normalized spacial score (nSPS) is 18.8. The van der Waals surface area contributed by atoms with Crippen LogP contribution in [0.15, 0.2) is 12.1 Å². The van der Waals surface area contributed by atoms with Crippen LogP contribution in [-0.2, 0) is 0 Å². The predicted octanol–water partition coefficient (Wildman–Crippen LogP) is 3.25. The van der Waals surface area contributed by atoms with Crippen molar-refractivity contribution in [3.63, 3.8) is 0 Å². The number of nitrogen functional groups attached to an aromatic ring is 1. The molecule has 3 N–H and O–H groups in total. The molecule has 0 saturated heterocycles. The standard InChI is InChI=1S/C15H20F2N2O/c1-15(2)5-3-10(4-6-15)19-14(20)9-7-11(16)13(18)12(17)8-9/h7-8,10H,3-6,18H2,1-2H3,(H,19,20).